The van der Waals surface area contributed by atoms with E-state index in [0.29, 0.717) is 26.9 Å². The Hall–Kier alpha value is -4.95. The minimum absolute atomic E-state index is 0.0352. The van der Waals surface area contributed by atoms with E-state index in [-0.39, 0.29) is 23.7 Å². The molecule has 14 heteroatoms. The van der Waals surface area contributed by atoms with Gasteiger partial charge in [-0.3, -0.25) is 33.9 Å². The molecule has 2 unspecified atom stereocenters. The largest absolute Gasteiger partial charge is 0.508 e. The predicted octanol–water partition coefficient (Wildman–Crippen LogP) is 3.97. The number of aromatic hydroxyl groups is 1. The quantitative estimate of drug-likeness (QED) is 0.135. The van der Waals surface area contributed by atoms with Crippen molar-refractivity contribution in [1.82, 2.24) is 4.57 Å². The highest BCUT2D eigenvalue weighted by Crippen LogP contribution is 2.55. The molecule has 3 atom stereocenters. The molecule has 1 fully saturated rings. The van der Waals surface area contributed by atoms with Crippen LogP contribution in [0.25, 0.3) is 0 Å². The molecule has 1 aromatic heterocycles. The maximum absolute atomic E-state index is 14.0. The number of fused-ring (bicyclic) bond motifs is 2. The van der Waals surface area contributed by atoms with Crippen molar-refractivity contribution in [2.75, 3.05) is 17.3 Å². The lowest BCUT2D eigenvalue weighted by atomic mass is 9.82. The number of thioether (sulfide) groups is 1. The zero-order chi connectivity index (χ0) is 30.4. The third-order valence-electron chi connectivity index (χ3n) is 7.29. The fourth-order valence-corrected chi connectivity index (χ4v) is 8.14. The number of methoxy groups -OCH3 is 1. The van der Waals surface area contributed by atoms with Crippen LogP contribution in [0.3, 0.4) is 0 Å². The Kier molecular flexibility index (Phi) is 7.23. The fraction of sp³-hybridized carbons (Fsp3) is 0.172. The van der Waals surface area contributed by atoms with Crippen LogP contribution in [0.5, 0.6) is 11.5 Å². The molecule has 3 heterocycles. The number of hydrogen-bond acceptors (Lipinski definition) is 10. The van der Waals surface area contributed by atoms with Gasteiger partial charge in [0.25, 0.3) is 5.69 Å². The number of ether oxygens (including phenoxy) is 1. The predicted molar refractivity (Wildman–Crippen MR) is 159 cm³/mol. The lowest BCUT2D eigenvalue weighted by Crippen LogP contribution is -2.33. The molecule has 2 aliphatic rings. The minimum atomic E-state index is -0.939. The Balaban J connectivity index is 1.42. The van der Waals surface area contributed by atoms with Crippen molar-refractivity contribution in [3.8, 4) is 11.5 Å². The van der Waals surface area contributed by atoms with Gasteiger partial charge < -0.3 is 15.2 Å². The van der Waals surface area contributed by atoms with Gasteiger partial charge in [0, 0.05) is 34.2 Å². The summed E-state index contributed by atoms with van der Waals surface area (Å²) in [5, 5.41) is 22.8. The average Bonchev–Trinajstić information content (AvgIpc) is 3.44. The topological polar surface area (TPSA) is 161 Å². The van der Waals surface area contributed by atoms with Gasteiger partial charge in [-0.2, -0.15) is 0 Å². The number of nitro benzene ring substituents is 1. The summed E-state index contributed by atoms with van der Waals surface area (Å²) in [6.07, 6.45) is 0. The molecule has 6 rings (SSSR count). The van der Waals surface area contributed by atoms with Crippen LogP contribution >= 0.6 is 23.1 Å². The molecule has 4 aromatic rings. The van der Waals surface area contributed by atoms with Gasteiger partial charge in [-0.15, -0.1) is 0 Å². The van der Waals surface area contributed by atoms with Gasteiger partial charge >= 0.3 is 4.87 Å². The summed E-state index contributed by atoms with van der Waals surface area (Å²) in [6.45, 7) is -0.344. The zero-order valence-corrected chi connectivity index (χ0v) is 24.0. The maximum Gasteiger partial charge on any atom is 0.308 e. The van der Waals surface area contributed by atoms with Crippen molar-refractivity contribution in [2.45, 2.75) is 22.7 Å². The first-order valence-electron chi connectivity index (χ1n) is 12.9. The number of carbonyl (C=O) groups is 3. The lowest BCUT2D eigenvalue weighted by Gasteiger charge is -2.31. The van der Waals surface area contributed by atoms with Crippen molar-refractivity contribution >= 4 is 57.9 Å². The first kappa shape index (κ1) is 28.2. The second kappa shape index (κ2) is 11.0. The van der Waals surface area contributed by atoms with Gasteiger partial charge in [-0.05, 0) is 42.5 Å². The number of aromatic nitrogens is 1. The number of nitro groups is 1. The number of non-ortho nitro benzene ring substituents is 1. The van der Waals surface area contributed by atoms with Gasteiger partial charge in [-0.25, -0.2) is 4.90 Å². The van der Waals surface area contributed by atoms with E-state index >= 15 is 0 Å². The van der Waals surface area contributed by atoms with Crippen LogP contribution in [-0.4, -0.2) is 44.7 Å². The summed E-state index contributed by atoms with van der Waals surface area (Å²) >= 11 is 1.96. The van der Waals surface area contributed by atoms with E-state index in [9.17, 15) is 34.4 Å². The van der Waals surface area contributed by atoms with E-state index in [0.717, 1.165) is 28.0 Å². The van der Waals surface area contributed by atoms with Crippen LogP contribution in [0, 0.1) is 16.0 Å². The van der Waals surface area contributed by atoms with Crippen molar-refractivity contribution in [3.63, 3.8) is 0 Å². The summed E-state index contributed by atoms with van der Waals surface area (Å²) in [6, 6.07) is 18.1. The van der Waals surface area contributed by atoms with Crippen molar-refractivity contribution in [3.05, 3.63) is 103 Å². The smallest absolute Gasteiger partial charge is 0.308 e. The Labute approximate surface area is 251 Å². The summed E-state index contributed by atoms with van der Waals surface area (Å²) in [4.78, 5) is 65.9. The third kappa shape index (κ3) is 4.93. The van der Waals surface area contributed by atoms with Gasteiger partial charge in [0.15, 0.2) is 0 Å². The Morgan fingerprint density at radius 3 is 2.40 bits per heavy atom. The Morgan fingerprint density at radius 1 is 1.02 bits per heavy atom. The number of amides is 3. The van der Waals surface area contributed by atoms with Crippen molar-refractivity contribution < 1.29 is 29.2 Å². The third-order valence-corrected chi connectivity index (χ3v) is 9.90. The Morgan fingerprint density at radius 2 is 1.72 bits per heavy atom. The molecule has 12 nitrogen and oxygen atoms in total. The van der Waals surface area contributed by atoms with E-state index in [1.54, 1.807) is 24.3 Å². The molecule has 0 spiro atoms. The molecule has 43 heavy (non-hydrogen) atoms. The summed E-state index contributed by atoms with van der Waals surface area (Å²) in [7, 11) is 1.49. The number of imide groups is 1. The molecule has 3 aromatic carbocycles. The standard InChI is InChI=1S/C29H22N4O8S2/c1-41-20-5-3-2-4-19(20)22-23-24(27(37)32(26(23)36)16-8-10-17(11-9-16)33(39)40)42-28-25(22)43-29(38)31(28)14-21(35)30-15-6-12-18(34)13-7-15/h2-13,22-24,34H,14H2,1H3,(H,30,35)/t22-,23?,24?/m1/s1. The van der Waals surface area contributed by atoms with Gasteiger partial charge in [0.1, 0.15) is 23.3 Å². The van der Waals surface area contributed by atoms with Crippen LogP contribution < -0.4 is 19.8 Å². The molecule has 3 amide bonds. The number of thiazole rings is 1. The fourth-order valence-electron chi connectivity index (χ4n) is 5.38. The second-order valence-corrected chi connectivity index (χ2v) is 11.9. The molecular weight excluding hydrogens is 596 g/mol. The molecule has 0 radical (unpaired) electrons. The molecular formula is C29H22N4O8S2. The van der Waals surface area contributed by atoms with E-state index in [1.807, 2.05) is 0 Å². The minimum Gasteiger partial charge on any atom is -0.508 e. The number of nitrogens with zero attached hydrogens (tertiary/aromatic N) is 3. The van der Waals surface area contributed by atoms with Crippen LogP contribution in [0.1, 0.15) is 16.4 Å². The molecule has 0 aliphatic carbocycles. The van der Waals surface area contributed by atoms with E-state index < -0.39 is 44.6 Å². The number of nitrogens with one attached hydrogen (secondary N) is 1. The number of rotatable bonds is 7. The number of anilines is 2. The molecule has 2 N–H and O–H groups in total. The SMILES string of the molecule is COc1ccccc1[C@H]1c2sc(=O)n(CC(=O)Nc3ccc(O)cc3)c2SC2C(=O)N(c3ccc([N+](=O)[O-])cc3)C(=O)C21. The monoisotopic (exact) mass is 618 g/mol. The van der Waals surface area contributed by atoms with Crippen LogP contribution in [0.15, 0.2) is 82.6 Å². The normalized spacial score (nSPS) is 19.1. The number of para-hydroxylation sites is 1. The molecule has 2 aliphatic heterocycles. The number of phenols is 1. The number of carbonyl (C=O) groups excluding carboxylic acids is 3. The van der Waals surface area contributed by atoms with E-state index in [4.69, 9.17) is 4.74 Å². The van der Waals surface area contributed by atoms with Crippen LogP contribution in [-0.2, 0) is 20.9 Å². The van der Waals surface area contributed by atoms with E-state index in [1.165, 1.54) is 60.2 Å². The summed E-state index contributed by atoms with van der Waals surface area (Å²) < 4.78 is 6.90. The molecule has 0 bridgehead atoms. The first-order valence-corrected chi connectivity index (χ1v) is 14.6. The van der Waals surface area contributed by atoms with Crippen molar-refractivity contribution in [1.29, 1.82) is 0 Å². The highest BCUT2D eigenvalue weighted by atomic mass is 32.2. The number of benzene rings is 3. The second-order valence-electron chi connectivity index (χ2n) is 9.79. The van der Waals surface area contributed by atoms with Gasteiger partial charge in [-0.1, -0.05) is 41.3 Å². The lowest BCUT2D eigenvalue weighted by molar-refractivity contribution is -0.384. The first-order chi connectivity index (χ1) is 20.7. The van der Waals surface area contributed by atoms with Crippen LogP contribution in [0.4, 0.5) is 17.1 Å². The maximum atomic E-state index is 14.0. The van der Waals surface area contributed by atoms with Gasteiger partial charge in [0.05, 0.1) is 28.7 Å². The van der Waals surface area contributed by atoms with E-state index in [2.05, 4.69) is 5.32 Å². The number of phenolic OH excluding ortho intramolecular Hbond substituents is 1. The highest BCUT2D eigenvalue weighted by molar-refractivity contribution is 8.00. The summed E-state index contributed by atoms with van der Waals surface area (Å²) in [5.74, 6) is -2.67. The Bertz CT molecular complexity index is 1830. The zero-order valence-electron chi connectivity index (χ0n) is 22.3. The molecule has 1 saturated heterocycles. The molecule has 0 saturated carbocycles. The molecule has 218 valence electrons. The van der Waals surface area contributed by atoms with Crippen LogP contribution in [0.2, 0.25) is 0 Å². The number of hydrogen-bond donors (Lipinski definition) is 2. The summed E-state index contributed by atoms with van der Waals surface area (Å²) in [5.41, 5.74) is 1.05. The van der Waals surface area contributed by atoms with Gasteiger partial charge in [0.2, 0.25) is 17.7 Å². The highest BCUT2D eigenvalue weighted by Gasteiger charge is 2.57. The van der Waals surface area contributed by atoms with Crippen molar-refractivity contribution in [2.24, 2.45) is 5.92 Å². The average molecular weight is 619 g/mol.